The van der Waals surface area contributed by atoms with Gasteiger partial charge in [0.05, 0.1) is 12.2 Å². The predicted octanol–water partition coefficient (Wildman–Crippen LogP) is 1.79. The first kappa shape index (κ1) is 11.2. The van der Waals surface area contributed by atoms with Gasteiger partial charge in [0, 0.05) is 0 Å². The molecule has 0 fully saturated rings. The van der Waals surface area contributed by atoms with Crippen LogP contribution >= 0.6 is 0 Å². The second kappa shape index (κ2) is 5.80. The zero-order valence-electron chi connectivity index (χ0n) is 8.43. The molecule has 1 aromatic carbocycles. The van der Waals surface area contributed by atoms with E-state index in [2.05, 4.69) is 4.74 Å². The van der Waals surface area contributed by atoms with Gasteiger partial charge in [0.15, 0.2) is 0 Å². The summed E-state index contributed by atoms with van der Waals surface area (Å²) in [6, 6.07) is 6.18. The highest BCUT2D eigenvalue weighted by atomic mass is 16.5. The van der Waals surface area contributed by atoms with Gasteiger partial charge in [0.1, 0.15) is 5.75 Å². The summed E-state index contributed by atoms with van der Waals surface area (Å²) >= 11 is 0. The highest BCUT2D eigenvalue weighted by molar-refractivity contribution is 5.89. The number of rotatable bonds is 5. The molecule has 0 radical (unpaired) electrons. The third-order valence-corrected chi connectivity index (χ3v) is 1.71. The van der Waals surface area contributed by atoms with E-state index in [1.807, 2.05) is 6.92 Å². The van der Waals surface area contributed by atoms with E-state index in [9.17, 15) is 9.59 Å². The van der Waals surface area contributed by atoms with Crippen molar-refractivity contribution in [2.75, 3.05) is 6.61 Å². The van der Waals surface area contributed by atoms with Crippen molar-refractivity contribution in [2.24, 2.45) is 0 Å². The van der Waals surface area contributed by atoms with Crippen LogP contribution in [0.15, 0.2) is 24.3 Å². The molecule has 0 bridgehead atoms. The fraction of sp³-hybridized carbons (Fsp3) is 0.273. The molecule has 80 valence electrons. The van der Waals surface area contributed by atoms with Crippen LogP contribution in [-0.2, 0) is 9.53 Å². The Bertz CT molecular complexity index is 329. The number of esters is 1. The van der Waals surface area contributed by atoms with Crippen LogP contribution in [0.3, 0.4) is 0 Å². The summed E-state index contributed by atoms with van der Waals surface area (Å²) in [4.78, 5) is 21.4. The van der Waals surface area contributed by atoms with Crippen molar-refractivity contribution in [3.63, 3.8) is 0 Å². The Morgan fingerprint density at radius 2 is 2.00 bits per heavy atom. The van der Waals surface area contributed by atoms with Gasteiger partial charge in [-0.05, 0) is 30.7 Å². The zero-order valence-corrected chi connectivity index (χ0v) is 8.43. The molecule has 0 spiro atoms. The van der Waals surface area contributed by atoms with Gasteiger partial charge in [-0.25, -0.2) is 4.79 Å². The highest BCUT2D eigenvalue weighted by Gasteiger charge is 2.05. The lowest BCUT2D eigenvalue weighted by Gasteiger charge is -2.03. The molecule has 1 aromatic rings. The lowest BCUT2D eigenvalue weighted by molar-refractivity contribution is -0.120. The Morgan fingerprint density at radius 3 is 2.53 bits per heavy atom. The quantitative estimate of drug-likeness (QED) is 0.546. The van der Waals surface area contributed by atoms with Crippen LogP contribution in [0, 0.1) is 0 Å². The molecule has 0 heterocycles. The number of ether oxygens (including phenoxy) is 2. The smallest absolute Gasteiger partial charge is 0.338 e. The summed E-state index contributed by atoms with van der Waals surface area (Å²) in [7, 11) is 0. The second-order valence-electron chi connectivity index (χ2n) is 2.87. The SMILES string of the molecule is CCCOC(=O)c1ccc(OC=O)cc1. The predicted molar refractivity (Wildman–Crippen MR) is 53.7 cm³/mol. The van der Waals surface area contributed by atoms with Crippen LogP contribution in [-0.4, -0.2) is 19.0 Å². The van der Waals surface area contributed by atoms with Crippen molar-refractivity contribution < 1.29 is 19.1 Å². The molecule has 0 aliphatic rings. The molecule has 0 aliphatic heterocycles. The van der Waals surface area contributed by atoms with E-state index in [1.165, 1.54) is 12.1 Å². The fourth-order valence-corrected chi connectivity index (χ4v) is 1.00. The molecule has 4 nitrogen and oxygen atoms in total. The van der Waals surface area contributed by atoms with Gasteiger partial charge in [-0.2, -0.15) is 0 Å². The lowest BCUT2D eigenvalue weighted by atomic mass is 10.2. The molecule has 15 heavy (non-hydrogen) atoms. The first-order chi connectivity index (χ1) is 7.27. The Labute approximate surface area is 87.8 Å². The van der Waals surface area contributed by atoms with Gasteiger partial charge >= 0.3 is 5.97 Å². The fourth-order valence-electron chi connectivity index (χ4n) is 1.00. The molecule has 0 saturated carbocycles. The summed E-state index contributed by atoms with van der Waals surface area (Å²) in [5.41, 5.74) is 0.446. The molecular formula is C11H12O4. The van der Waals surface area contributed by atoms with E-state index in [0.29, 0.717) is 24.4 Å². The van der Waals surface area contributed by atoms with Gasteiger partial charge < -0.3 is 9.47 Å². The van der Waals surface area contributed by atoms with Crippen molar-refractivity contribution in [2.45, 2.75) is 13.3 Å². The Kier molecular flexibility index (Phi) is 4.34. The summed E-state index contributed by atoms with van der Waals surface area (Å²) in [5.74, 6) is 0.0338. The third-order valence-electron chi connectivity index (χ3n) is 1.71. The zero-order chi connectivity index (χ0) is 11.1. The van der Waals surface area contributed by atoms with Gasteiger partial charge in [0.25, 0.3) is 6.47 Å². The maximum atomic E-state index is 11.3. The molecule has 0 saturated heterocycles. The average Bonchev–Trinajstić information content (AvgIpc) is 2.27. The number of carbonyl (C=O) groups excluding carboxylic acids is 2. The molecule has 1 rings (SSSR count). The molecule has 0 aliphatic carbocycles. The van der Waals surface area contributed by atoms with Crippen LogP contribution in [0.1, 0.15) is 23.7 Å². The average molecular weight is 208 g/mol. The Balaban J connectivity index is 2.62. The van der Waals surface area contributed by atoms with E-state index in [1.54, 1.807) is 12.1 Å². The van der Waals surface area contributed by atoms with E-state index >= 15 is 0 Å². The van der Waals surface area contributed by atoms with Gasteiger partial charge in [0.2, 0.25) is 0 Å². The normalized spacial score (nSPS) is 9.40. The van der Waals surface area contributed by atoms with Crippen LogP contribution in [0.25, 0.3) is 0 Å². The highest BCUT2D eigenvalue weighted by Crippen LogP contribution is 2.12. The van der Waals surface area contributed by atoms with E-state index < -0.39 is 0 Å². The van der Waals surface area contributed by atoms with Crippen molar-refractivity contribution in [3.05, 3.63) is 29.8 Å². The standard InChI is InChI=1S/C11H12O4/c1-2-7-14-11(13)9-3-5-10(6-4-9)15-8-12/h3-6,8H,2,7H2,1H3. The monoisotopic (exact) mass is 208 g/mol. The van der Waals surface area contributed by atoms with Gasteiger partial charge in [-0.3, -0.25) is 4.79 Å². The molecule has 0 amide bonds. The minimum absolute atomic E-state index is 0.338. The Morgan fingerprint density at radius 1 is 1.33 bits per heavy atom. The summed E-state index contributed by atoms with van der Waals surface area (Å²) in [6.07, 6.45) is 0.790. The Hall–Kier alpha value is -1.84. The van der Waals surface area contributed by atoms with Crippen molar-refractivity contribution in [3.8, 4) is 5.75 Å². The second-order valence-corrected chi connectivity index (χ2v) is 2.87. The number of hydrogen-bond acceptors (Lipinski definition) is 4. The molecule has 4 heteroatoms. The molecule has 0 aromatic heterocycles. The number of hydrogen-bond donors (Lipinski definition) is 0. The first-order valence-corrected chi connectivity index (χ1v) is 4.65. The van der Waals surface area contributed by atoms with Crippen LogP contribution < -0.4 is 4.74 Å². The summed E-state index contributed by atoms with van der Waals surface area (Å²) in [6.45, 7) is 2.67. The summed E-state index contributed by atoms with van der Waals surface area (Å²) < 4.78 is 9.52. The summed E-state index contributed by atoms with van der Waals surface area (Å²) in [5, 5.41) is 0. The number of benzene rings is 1. The van der Waals surface area contributed by atoms with Crippen LogP contribution in [0.5, 0.6) is 5.75 Å². The third kappa shape index (κ3) is 3.42. The van der Waals surface area contributed by atoms with Crippen molar-refractivity contribution in [1.29, 1.82) is 0 Å². The number of carbonyl (C=O) groups is 2. The molecule has 0 atom stereocenters. The van der Waals surface area contributed by atoms with Gasteiger partial charge in [-0.1, -0.05) is 6.92 Å². The topological polar surface area (TPSA) is 52.6 Å². The minimum Gasteiger partial charge on any atom is -0.462 e. The van der Waals surface area contributed by atoms with Gasteiger partial charge in [-0.15, -0.1) is 0 Å². The van der Waals surface area contributed by atoms with E-state index in [0.717, 1.165) is 6.42 Å². The maximum Gasteiger partial charge on any atom is 0.338 e. The lowest BCUT2D eigenvalue weighted by Crippen LogP contribution is -2.05. The first-order valence-electron chi connectivity index (χ1n) is 4.65. The molecule has 0 N–H and O–H groups in total. The molecule has 0 unspecified atom stereocenters. The maximum absolute atomic E-state index is 11.3. The minimum atomic E-state index is -0.366. The van der Waals surface area contributed by atoms with E-state index in [-0.39, 0.29) is 5.97 Å². The van der Waals surface area contributed by atoms with Crippen molar-refractivity contribution in [1.82, 2.24) is 0 Å². The largest absolute Gasteiger partial charge is 0.462 e. The van der Waals surface area contributed by atoms with Crippen molar-refractivity contribution >= 4 is 12.4 Å². The van der Waals surface area contributed by atoms with Crippen LogP contribution in [0.4, 0.5) is 0 Å². The van der Waals surface area contributed by atoms with Crippen LogP contribution in [0.2, 0.25) is 0 Å². The molecular weight excluding hydrogens is 196 g/mol. The van der Waals surface area contributed by atoms with E-state index in [4.69, 9.17) is 4.74 Å².